The highest BCUT2D eigenvalue weighted by atomic mass is 16.5. The van der Waals surface area contributed by atoms with E-state index in [4.69, 9.17) is 9.47 Å². The summed E-state index contributed by atoms with van der Waals surface area (Å²) in [6, 6.07) is 13.0. The van der Waals surface area contributed by atoms with E-state index in [-0.39, 0.29) is 11.7 Å². The number of carbonyl (C=O) groups is 1. The fourth-order valence-electron chi connectivity index (χ4n) is 2.34. The highest BCUT2D eigenvalue weighted by Crippen LogP contribution is 2.40. The van der Waals surface area contributed by atoms with Crippen molar-refractivity contribution in [3.05, 3.63) is 53.6 Å². The second-order valence-corrected chi connectivity index (χ2v) is 4.59. The quantitative estimate of drug-likeness (QED) is 0.776. The molecule has 1 atom stereocenters. The first-order valence-corrected chi connectivity index (χ1v) is 6.19. The number of ether oxygens (including phenoxy) is 2. The third kappa shape index (κ3) is 1.87. The number of Topliss-reactive ketones (excluding diaryl/α,β-unsaturated/α-hetero) is 1. The molecule has 0 aromatic heterocycles. The van der Waals surface area contributed by atoms with E-state index in [1.165, 1.54) is 0 Å². The molecule has 0 saturated carbocycles. The van der Waals surface area contributed by atoms with Crippen molar-refractivity contribution in [2.24, 2.45) is 0 Å². The molecule has 1 unspecified atom stereocenters. The molecule has 2 aromatic rings. The van der Waals surface area contributed by atoms with Crippen LogP contribution < -0.4 is 9.47 Å². The van der Waals surface area contributed by atoms with E-state index < -0.39 is 0 Å². The number of benzene rings is 2. The first-order chi connectivity index (χ1) is 9.20. The molecule has 96 valence electrons. The highest BCUT2D eigenvalue weighted by Gasteiger charge is 2.27. The molecule has 1 aliphatic heterocycles. The fraction of sp³-hybridized carbons (Fsp3) is 0.188. The summed E-state index contributed by atoms with van der Waals surface area (Å²) in [7, 11) is 1.59. The van der Waals surface area contributed by atoms with Crippen LogP contribution in [0.2, 0.25) is 0 Å². The smallest absolute Gasteiger partial charge is 0.174 e. The summed E-state index contributed by atoms with van der Waals surface area (Å²) in [5.74, 6) is 1.83. The van der Waals surface area contributed by atoms with Gasteiger partial charge in [-0.25, -0.2) is 0 Å². The van der Waals surface area contributed by atoms with Crippen molar-refractivity contribution in [1.82, 2.24) is 0 Å². The summed E-state index contributed by atoms with van der Waals surface area (Å²) < 4.78 is 11.0. The maximum Gasteiger partial charge on any atom is 0.174 e. The van der Waals surface area contributed by atoms with Gasteiger partial charge in [0.1, 0.15) is 17.2 Å². The highest BCUT2D eigenvalue weighted by molar-refractivity contribution is 6.04. The van der Waals surface area contributed by atoms with Crippen molar-refractivity contribution in [2.45, 2.75) is 12.8 Å². The number of carbonyl (C=O) groups excluding carboxylic acids is 1. The van der Waals surface area contributed by atoms with E-state index >= 15 is 0 Å². The normalized spacial score (nSPS) is 16.9. The van der Waals surface area contributed by atoms with Crippen LogP contribution in [-0.2, 0) is 0 Å². The van der Waals surface area contributed by atoms with Crippen LogP contribution in [0.1, 0.15) is 28.8 Å². The van der Waals surface area contributed by atoms with Gasteiger partial charge in [0.05, 0.1) is 12.7 Å². The Labute approximate surface area is 111 Å². The van der Waals surface area contributed by atoms with Gasteiger partial charge in [-0.2, -0.15) is 0 Å². The van der Waals surface area contributed by atoms with Crippen molar-refractivity contribution < 1.29 is 14.3 Å². The van der Waals surface area contributed by atoms with Crippen LogP contribution in [0.4, 0.5) is 0 Å². The van der Waals surface area contributed by atoms with E-state index in [0.717, 1.165) is 11.3 Å². The molecule has 0 N–H and O–H groups in total. The van der Waals surface area contributed by atoms with Crippen LogP contribution in [0.5, 0.6) is 17.2 Å². The Hall–Kier alpha value is -2.29. The van der Waals surface area contributed by atoms with Gasteiger partial charge in [-0.1, -0.05) is 25.1 Å². The Morgan fingerprint density at radius 1 is 1.11 bits per heavy atom. The maximum absolute atomic E-state index is 12.5. The van der Waals surface area contributed by atoms with Crippen LogP contribution >= 0.6 is 0 Å². The van der Waals surface area contributed by atoms with E-state index in [1.54, 1.807) is 25.3 Å². The second kappa shape index (κ2) is 4.43. The average molecular weight is 254 g/mol. The van der Waals surface area contributed by atoms with Crippen LogP contribution in [0.3, 0.4) is 0 Å². The third-order valence-corrected chi connectivity index (χ3v) is 3.45. The Balaban J connectivity index is 2.19. The largest absolute Gasteiger partial charge is 0.497 e. The van der Waals surface area contributed by atoms with Gasteiger partial charge in [0.25, 0.3) is 0 Å². The summed E-state index contributed by atoms with van der Waals surface area (Å²) in [6.07, 6.45) is 0. The van der Waals surface area contributed by atoms with Crippen molar-refractivity contribution in [3.8, 4) is 17.2 Å². The monoisotopic (exact) mass is 254 g/mol. The third-order valence-electron chi connectivity index (χ3n) is 3.45. The Morgan fingerprint density at radius 2 is 1.89 bits per heavy atom. The predicted octanol–water partition coefficient (Wildman–Crippen LogP) is 3.79. The zero-order valence-corrected chi connectivity index (χ0v) is 10.8. The number of methoxy groups -OCH3 is 1. The molecule has 19 heavy (non-hydrogen) atoms. The van der Waals surface area contributed by atoms with Crippen molar-refractivity contribution in [1.29, 1.82) is 0 Å². The zero-order valence-electron chi connectivity index (χ0n) is 10.8. The molecule has 1 heterocycles. The molecule has 0 fully saturated rings. The predicted molar refractivity (Wildman–Crippen MR) is 72.3 cm³/mol. The van der Waals surface area contributed by atoms with Crippen LogP contribution in [0.15, 0.2) is 42.5 Å². The van der Waals surface area contributed by atoms with E-state index in [2.05, 4.69) is 0 Å². The second-order valence-electron chi connectivity index (χ2n) is 4.59. The minimum atomic E-state index is -0.218. The molecule has 0 spiro atoms. The molecular formula is C16H14O3. The lowest BCUT2D eigenvalue weighted by molar-refractivity contribution is 0.0966. The lowest BCUT2D eigenvalue weighted by Crippen LogP contribution is -2.08. The maximum atomic E-state index is 12.5. The van der Waals surface area contributed by atoms with Crippen molar-refractivity contribution in [3.63, 3.8) is 0 Å². The van der Waals surface area contributed by atoms with Gasteiger partial charge in [-0.15, -0.1) is 0 Å². The molecule has 3 nitrogen and oxygen atoms in total. The molecule has 0 saturated heterocycles. The Bertz CT molecular complexity index is 646. The SMILES string of the molecule is COc1ccc2c(c1)C(=O)C(C)c1ccccc1O2. The van der Waals surface area contributed by atoms with Gasteiger partial charge < -0.3 is 9.47 Å². The minimum Gasteiger partial charge on any atom is -0.497 e. The van der Waals surface area contributed by atoms with Gasteiger partial charge in [0.15, 0.2) is 5.78 Å². The molecule has 0 aliphatic carbocycles. The van der Waals surface area contributed by atoms with Crippen LogP contribution in [0, 0.1) is 0 Å². The zero-order chi connectivity index (χ0) is 13.4. The number of rotatable bonds is 1. The van der Waals surface area contributed by atoms with E-state index in [9.17, 15) is 4.79 Å². The first kappa shape index (κ1) is 11.8. The molecule has 3 rings (SSSR count). The van der Waals surface area contributed by atoms with Gasteiger partial charge in [0.2, 0.25) is 0 Å². The lowest BCUT2D eigenvalue weighted by Gasteiger charge is -2.09. The van der Waals surface area contributed by atoms with Gasteiger partial charge in [-0.05, 0) is 24.3 Å². The van der Waals surface area contributed by atoms with Gasteiger partial charge in [0, 0.05) is 11.5 Å². The van der Waals surface area contributed by atoms with Crippen molar-refractivity contribution >= 4 is 5.78 Å². The minimum absolute atomic E-state index is 0.0545. The first-order valence-electron chi connectivity index (χ1n) is 6.19. The van der Waals surface area contributed by atoms with E-state index in [0.29, 0.717) is 17.1 Å². The lowest BCUT2D eigenvalue weighted by atomic mass is 9.92. The van der Waals surface area contributed by atoms with Crippen LogP contribution in [-0.4, -0.2) is 12.9 Å². The molecule has 2 aromatic carbocycles. The van der Waals surface area contributed by atoms with Gasteiger partial charge >= 0.3 is 0 Å². The number of fused-ring (bicyclic) bond motifs is 2. The molecule has 0 bridgehead atoms. The molecule has 0 amide bonds. The molecule has 3 heteroatoms. The standard InChI is InChI=1S/C16H14O3/c1-10-12-5-3-4-6-14(12)19-15-8-7-11(18-2)9-13(15)16(10)17/h3-10H,1-2H3. The Morgan fingerprint density at radius 3 is 2.68 bits per heavy atom. The summed E-state index contributed by atoms with van der Waals surface area (Å²) in [4.78, 5) is 12.5. The Kier molecular flexibility index (Phi) is 2.75. The summed E-state index contributed by atoms with van der Waals surface area (Å²) in [5, 5.41) is 0. The molecule has 0 radical (unpaired) electrons. The topological polar surface area (TPSA) is 35.5 Å². The summed E-state index contributed by atoms with van der Waals surface area (Å²) in [6.45, 7) is 1.90. The summed E-state index contributed by atoms with van der Waals surface area (Å²) >= 11 is 0. The molecule has 1 aliphatic rings. The molecular weight excluding hydrogens is 240 g/mol. The van der Waals surface area contributed by atoms with Crippen LogP contribution in [0.25, 0.3) is 0 Å². The number of ketones is 1. The van der Waals surface area contributed by atoms with Crippen molar-refractivity contribution in [2.75, 3.05) is 7.11 Å². The summed E-state index contributed by atoms with van der Waals surface area (Å²) in [5.41, 5.74) is 1.49. The van der Waals surface area contributed by atoms with E-state index in [1.807, 2.05) is 31.2 Å². The fourth-order valence-corrected chi connectivity index (χ4v) is 2.34. The number of para-hydroxylation sites is 1. The van der Waals surface area contributed by atoms with Gasteiger partial charge in [-0.3, -0.25) is 4.79 Å². The number of hydrogen-bond acceptors (Lipinski definition) is 3. The number of hydrogen-bond donors (Lipinski definition) is 0. The average Bonchev–Trinajstić information content (AvgIpc) is 2.56.